The molecule has 0 heterocycles. The quantitative estimate of drug-likeness (QED) is 0.615. The predicted octanol–water partition coefficient (Wildman–Crippen LogP) is 1.33. The Morgan fingerprint density at radius 3 is 2.38 bits per heavy atom. The third-order valence-electron chi connectivity index (χ3n) is 0.698. The Labute approximate surface area is 66.3 Å². The summed E-state index contributed by atoms with van der Waals surface area (Å²) >= 11 is 0. The summed E-state index contributed by atoms with van der Waals surface area (Å²) in [4.78, 5) is 0. The van der Waals surface area contributed by atoms with Crippen LogP contribution in [0.2, 0.25) is 0 Å². The molecule has 2 heteroatoms. The zero-order valence-corrected chi connectivity index (χ0v) is 7.19. The van der Waals surface area contributed by atoms with Gasteiger partial charge in [-0.05, 0) is 12.8 Å². The van der Waals surface area contributed by atoms with E-state index in [0.29, 0.717) is 0 Å². The first kappa shape index (κ1) is 11.3. The van der Waals surface area contributed by atoms with Crippen LogP contribution in [0.3, 0.4) is 0 Å². The van der Waals surface area contributed by atoms with E-state index in [1.165, 1.54) is 0 Å². The Kier molecular flexibility index (Phi) is 14.7. The molecule has 0 aliphatic carbocycles. The van der Waals surface area contributed by atoms with E-state index in [0.717, 1.165) is 12.8 Å². The molecule has 0 aromatic heterocycles. The van der Waals surface area contributed by atoms with Crippen LogP contribution in [0.25, 0.3) is 0 Å². The predicted molar refractivity (Wildman–Crippen MR) is 31.1 cm³/mol. The first-order valence-corrected chi connectivity index (χ1v) is 2.67. The molecule has 0 aromatic carbocycles. The SMILES string of the molecule is CC/C=C\CCO.[Au]. The molecule has 0 aromatic rings. The summed E-state index contributed by atoms with van der Waals surface area (Å²) in [7, 11) is 0. The molecule has 0 unspecified atom stereocenters. The molecule has 0 saturated carbocycles. The van der Waals surface area contributed by atoms with Gasteiger partial charge in [0.25, 0.3) is 0 Å². The molecular formula is C6H12AuO. The van der Waals surface area contributed by atoms with Crippen LogP contribution in [0.1, 0.15) is 19.8 Å². The van der Waals surface area contributed by atoms with Gasteiger partial charge in [-0.25, -0.2) is 0 Å². The third kappa shape index (κ3) is 9.67. The van der Waals surface area contributed by atoms with Crippen LogP contribution in [0, 0.1) is 0 Å². The van der Waals surface area contributed by atoms with Crippen molar-refractivity contribution < 1.29 is 27.5 Å². The summed E-state index contributed by atoms with van der Waals surface area (Å²) in [6.07, 6.45) is 5.91. The summed E-state index contributed by atoms with van der Waals surface area (Å²) < 4.78 is 0. The fourth-order valence-electron chi connectivity index (χ4n) is 0.359. The molecule has 1 nitrogen and oxygen atoms in total. The van der Waals surface area contributed by atoms with Crippen LogP contribution >= 0.6 is 0 Å². The fraction of sp³-hybridized carbons (Fsp3) is 0.667. The number of hydrogen-bond donors (Lipinski definition) is 1. The molecule has 1 N–H and O–H groups in total. The molecule has 1 radical (unpaired) electrons. The van der Waals surface area contributed by atoms with Crippen molar-refractivity contribution in [1.29, 1.82) is 0 Å². The van der Waals surface area contributed by atoms with Crippen LogP contribution in [0.5, 0.6) is 0 Å². The van der Waals surface area contributed by atoms with Crippen molar-refractivity contribution >= 4 is 0 Å². The van der Waals surface area contributed by atoms with Gasteiger partial charge in [0.15, 0.2) is 0 Å². The Hall–Kier alpha value is 0.440. The minimum atomic E-state index is 0. The van der Waals surface area contributed by atoms with Crippen LogP contribution in [-0.2, 0) is 22.4 Å². The van der Waals surface area contributed by atoms with Crippen molar-refractivity contribution in [1.82, 2.24) is 0 Å². The molecule has 0 aliphatic rings. The van der Waals surface area contributed by atoms with Gasteiger partial charge in [-0.1, -0.05) is 19.1 Å². The second kappa shape index (κ2) is 10.4. The monoisotopic (exact) mass is 297 g/mol. The van der Waals surface area contributed by atoms with Crippen molar-refractivity contribution in [2.24, 2.45) is 0 Å². The van der Waals surface area contributed by atoms with Gasteiger partial charge in [-0.2, -0.15) is 0 Å². The fourth-order valence-corrected chi connectivity index (χ4v) is 0.359. The molecule has 0 spiro atoms. The molecule has 0 bridgehead atoms. The van der Waals surface area contributed by atoms with Gasteiger partial charge in [0.2, 0.25) is 0 Å². The summed E-state index contributed by atoms with van der Waals surface area (Å²) in [5, 5.41) is 8.24. The van der Waals surface area contributed by atoms with Crippen LogP contribution < -0.4 is 0 Å². The third-order valence-corrected chi connectivity index (χ3v) is 0.698. The minimum Gasteiger partial charge on any atom is -0.396 e. The summed E-state index contributed by atoms with van der Waals surface area (Å²) in [5.41, 5.74) is 0. The van der Waals surface area contributed by atoms with Crippen molar-refractivity contribution in [2.75, 3.05) is 6.61 Å². The van der Waals surface area contributed by atoms with Crippen molar-refractivity contribution in [3.05, 3.63) is 12.2 Å². The summed E-state index contributed by atoms with van der Waals surface area (Å²) in [5.74, 6) is 0. The molecule has 0 rings (SSSR count). The standard InChI is InChI=1S/C6H12O.Au/c1-2-3-4-5-6-7;/h3-4,7H,2,5-6H2,1H3;/b4-3-;. The van der Waals surface area contributed by atoms with Gasteiger partial charge >= 0.3 is 0 Å². The van der Waals surface area contributed by atoms with Crippen molar-refractivity contribution in [3.63, 3.8) is 0 Å². The van der Waals surface area contributed by atoms with Gasteiger partial charge in [-0.15, -0.1) is 0 Å². The van der Waals surface area contributed by atoms with E-state index >= 15 is 0 Å². The maximum Gasteiger partial charge on any atom is 0.0465 e. The molecule has 0 amide bonds. The second-order valence-electron chi connectivity index (χ2n) is 1.39. The zero-order chi connectivity index (χ0) is 5.54. The topological polar surface area (TPSA) is 20.2 Å². The van der Waals surface area contributed by atoms with Crippen LogP contribution in [0.4, 0.5) is 0 Å². The summed E-state index contributed by atoms with van der Waals surface area (Å²) in [6.45, 7) is 2.35. The van der Waals surface area contributed by atoms with Crippen LogP contribution in [-0.4, -0.2) is 11.7 Å². The van der Waals surface area contributed by atoms with E-state index in [2.05, 4.69) is 13.0 Å². The minimum absolute atomic E-state index is 0. The first-order valence-electron chi connectivity index (χ1n) is 2.67. The van der Waals surface area contributed by atoms with Gasteiger partial charge in [0.1, 0.15) is 0 Å². The van der Waals surface area contributed by atoms with Gasteiger partial charge in [-0.3, -0.25) is 0 Å². The molecule has 0 aliphatic heterocycles. The smallest absolute Gasteiger partial charge is 0.0465 e. The number of allylic oxidation sites excluding steroid dienone is 1. The average Bonchev–Trinajstić information content (AvgIpc) is 1.69. The Bertz CT molecular complexity index is 52.5. The van der Waals surface area contributed by atoms with E-state index in [1.807, 2.05) is 6.08 Å². The number of rotatable bonds is 3. The van der Waals surface area contributed by atoms with Crippen molar-refractivity contribution in [3.8, 4) is 0 Å². The van der Waals surface area contributed by atoms with Gasteiger partial charge in [0, 0.05) is 29.0 Å². The van der Waals surface area contributed by atoms with Crippen LogP contribution in [0.15, 0.2) is 12.2 Å². The molecule has 0 atom stereocenters. The van der Waals surface area contributed by atoms with E-state index in [4.69, 9.17) is 5.11 Å². The number of aliphatic hydroxyl groups is 1. The van der Waals surface area contributed by atoms with E-state index in [9.17, 15) is 0 Å². The molecular weight excluding hydrogens is 285 g/mol. The second-order valence-corrected chi connectivity index (χ2v) is 1.39. The van der Waals surface area contributed by atoms with E-state index in [-0.39, 0.29) is 29.0 Å². The Balaban J connectivity index is 0. The Morgan fingerprint density at radius 1 is 1.38 bits per heavy atom. The molecule has 0 fully saturated rings. The van der Waals surface area contributed by atoms with Crippen molar-refractivity contribution in [2.45, 2.75) is 19.8 Å². The maximum atomic E-state index is 8.24. The zero-order valence-electron chi connectivity index (χ0n) is 5.02. The van der Waals surface area contributed by atoms with E-state index < -0.39 is 0 Å². The van der Waals surface area contributed by atoms with E-state index in [1.54, 1.807) is 0 Å². The average molecular weight is 297 g/mol. The number of hydrogen-bond acceptors (Lipinski definition) is 1. The van der Waals surface area contributed by atoms with Gasteiger partial charge < -0.3 is 5.11 Å². The molecule has 0 saturated heterocycles. The maximum absolute atomic E-state index is 8.24. The summed E-state index contributed by atoms with van der Waals surface area (Å²) in [6, 6.07) is 0. The molecule has 53 valence electrons. The number of aliphatic hydroxyl groups excluding tert-OH is 1. The normalized spacial score (nSPS) is 9.25. The molecule has 8 heavy (non-hydrogen) atoms. The Morgan fingerprint density at radius 2 is 2.00 bits per heavy atom. The largest absolute Gasteiger partial charge is 0.396 e. The van der Waals surface area contributed by atoms with Gasteiger partial charge in [0.05, 0.1) is 0 Å². The first-order chi connectivity index (χ1) is 3.41.